The van der Waals surface area contributed by atoms with Crippen molar-refractivity contribution in [2.24, 2.45) is 0 Å². The molecule has 30 heavy (non-hydrogen) atoms. The number of thiazole rings is 1. The monoisotopic (exact) mass is 427 g/mol. The molecule has 0 bridgehead atoms. The molecule has 0 aliphatic carbocycles. The Morgan fingerprint density at radius 1 is 1.30 bits per heavy atom. The number of rotatable bonds is 6. The maximum atomic E-state index is 13.2. The summed E-state index contributed by atoms with van der Waals surface area (Å²) in [7, 11) is 1.68. The largest absolute Gasteiger partial charge is 0.385 e. The Kier molecular flexibility index (Phi) is 5.92. The molecule has 1 aliphatic rings. The molecule has 3 aromatic heterocycles. The molecular weight excluding hydrogens is 402 g/mol. The Labute approximate surface area is 179 Å². The third kappa shape index (κ3) is 3.99. The van der Waals surface area contributed by atoms with Gasteiger partial charge in [-0.2, -0.15) is 4.98 Å². The molecule has 0 aromatic carbocycles. The number of hydrogen-bond acceptors (Lipinski definition) is 8. The molecule has 1 unspecified atom stereocenters. The van der Waals surface area contributed by atoms with Crippen molar-refractivity contribution in [3.05, 3.63) is 45.9 Å². The normalized spacial score (nSPS) is 19.2. The second-order valence-electron chi connectivity index (χ2n) is 7.66. The minimum Gasteiger partial charge on any atom is -0.385 e. The van der Waals surface area contributed by atoms with Crippen LogP contribution in [-0.2, 0) is 10.2 Å². The number of aryl methyl sites for hydroxylation is 2. The number of carbonyl (C=O) groups excluding carboxylic acids is 1. The van der Waals surface area contributed by atoms with E-state index in [2.05, 4.69) is 15.1 Å². The molecule has 3 aromatic rings. The van der Waals surface area contributed by atoms with Gasteiger partial charge in [0.25, 0.3) is 11.8 Å². The highest BCUT2D eigenvalue weighted by Gasteiger charge is 2.43. The van der Waals surface area contributed by atoms with Gasteiger partial charge in [-0.05, 0) is 45.2 Å². The highest BCUT2D eigenvalue weighted by molar-refractivity contribution is 7.13. The van der Waals surface area contributed by atoms with Crippen LogP contribution in [0.2, 0.25) is 0 Å². The molecule has 0 radical (unpaired) electrons. The second-order valence-corrected chi connectivity index (χ2v) is 8.86. The summed E-state index contributed by atoms with van der Waals surface area (Å²) in [4.78, 5) is 29.0. The van der Waals surface area contributed by atoms with E-state index in [-0.39, 0.29) is 5.91 Å². The van der Waals surface area contributed by atoms with Crippen molar-refractivity contribution >= 4 is 17.2 Å². The van der Waals surface area contributed by atoms with Crippen LogP contribution < -0.4 is 0 Å². The highest BCUT2D eigenvalue weighted by atomic mass is 32.1. The lowest BCUT2D eigenvalue weighted by atomic mass is 9.76. The number of carbonyl (C=O) groups is 1. The summed E-state index contributed by atoms with van der Waals surface area (Å²) in [5.74, 6) is 1.11. The first kappa shape index (κ1) is 20.6. The zero-order valence-electron chi connectivity index (χ0n) is 17.4. The summed E-state index contributed by atoms with van der Waals surface area (Å²) >= 11 is 1.45. The summed E-state index contributed by atoms with van der Waals surface area (Å²) in [6.07, 6.45) is 5.84. The van der Waals surface area contributed by atoms with Crippen LogP contribution in [0.15, 0.2) is 29.0 Å². The standard InChI is InChI=1S/C21H25N5O3S/c1-14-17(30-15(2)23-14)19(27)26-11-4-7-21(13-26,8-12-28-3)20-24-18(29-25-20)16-5-9-22-10-6-16/h5-6,9-10H,4,7-8,11-13H2,1-3H3. The second kappa shape index (κ2) is 8.61. The Balaban J connectivity index is 1.64. The summed E-state index contributed by atoms with van der Waals surface area (Å²) in [5.41, 5.74) is 1.20. The maximum Gasteiger partial charge on any atom is 0.265 e. The zero-order chi connectivity index (χ0) is 21.1. The van der Waals surface area contributed by atoms with E-state index in [4.69, 9.17) is 14.2 Å². The molecule has 9 heteroatoms. The van der Waals surface area contributed by atoms with Crippen LogP contribution in [0, 0.1) is 13.8 Å². The van der Waals surface area contributed by atoms with Crippen molar-refractivity contribution in [2.45, 2.75) is 38.5 Å². The molecule has 0 N–H and O–H groups in total. The van der Waals surface area contributed by atoms with Gasteiger partial charge in [-0.1, -0.05) is 5.16 Å². The number of likely N-dealkylation sites (tertiary alicyclic amines) is 1. The molecule has 0 spiro atoms. The molecule has 4 rings (SSSR count). The third-order valence-corrected chi connectivity index (χ3v) is 6.64. The number of pyridine rings is 1. The number of nitrogens with zero attached hydrogens (tertiary/aromatic N) is 5. The van der Waals surface area contributed by atoms with E-state index in [1.165, 1.54) is 11.3 Å². The molecule has 0 saturated carbocycles. The molecular formula is C21H25N5O3S. The summed E-state index contributed by atoms with van der Waals surface area (Å²) in [6, 6.07) is 3.68. The fourth-order valence-electron chi connectivity index (χ4n) is 4.02. The first-order valence-corrected chi connectivity index (χ1v) is 10.8. The lowest BCUT2D eigenvalue weighted by molar-refractivity contribution is 0.0570. The minimum absolute atomic E-state index is 0.0254. The average molecular weight is 428 g/mol. The van der Waals surface area contributed by atoms with Crippen LogP contribution in [0.25, 0.3) is 11.5 Å². The van der Waals surface area contributed by atoms with Gasteiger partial charge in [0.15, 0.2) is 5.82 Å². The number of methoxy groups -OCH3 is 1. The predicted molar refractivity (Wildman–Crippen MR) is 112 cm³/mol. The van der Waals surface area contributed by atoms with E-state index in [0.29, 0.717) is 42.7 Å². The molecule has 1 aliphatic heterocycles. The Morgan fingerprint density at radius 3 is 2.80 bits per heavy atom. The Bertz CT molecular complexity index is 1020. The van der Waals surface area contributed by atoms with Crippen molar-refractivity contribution in [1.82, 2.24) is 25.0 Å². The number of ether oxygens (including phenoxy) is 1. The van der Waals surface area contributed by atoms with Gasteiger partial charge in [0.2, 0.25) is 0 Å². The van der Waals surface area contributed by atoms with Crippen LogP contribution in [0.3, 0.4) is 0 Å². The SMILES string of the molecule is COCCC1(c2noc(-c3ccncc3)n2)CCCN(C(=O)c2sc(C)nc2C)C1. The van der Waals surface area contributed by atoms with Gasteiger partial charge in [-0.3, -0.25) is 9.78 Å². The molecule has 4 heterocycles. The van der Waals surface area contributed by atoms with Crippen molar-refractivity contribution in [3.8, 4) is 11.5 Å². The van der Waals surface area contributed by atoms with Crippen LogP contribution in [0.4, 0.5) is 0 Å². The quantitative estimate of drug-likeness (QED) is 0.595. The maximum absolute atomic E-state index is 13.2. The number of piperidine rings is 1. The van der Waals surface area contributed by atoms with E-state index in [1.54, 1.807) is 19.5 Å². The number of hydrogen-bond donors (Lipinski definition) is 0. The van der Waals surface area contributed by atoms with Gasteiger partial charge in [-0.25, -0.2) is 4.98 Å². The molecule has 1 fully saturated rings. The fraction of sp³-hybridized carbons (Fsp3) is 0.476. The molecule has 1 amide bonds. The smallest absolute Gasteiger partial charge is 0.265 e. The van der Waals surface area contributed by atoms with Gasteiger partial charge < -0.3 is 14.2 Å². The molecule has 1 saturated heterocycles. The van der Waals surface area contributed by atoms with Gasteiger partial charge in [-0.15, -0.1) is 11.3 Å². The lowest BCUT2D eigenvalue weighted by Crippen LogP contribution is -2.49. The van der Waals surface area contributed by atoms with Gasteiger partial charge >= 0.3 is 0 Å². The van der Waals surface area contributed by atoms with Gasteiger partial charge in [0.1, 0.15) is 4.88 Å². The summed E-state index contributed by atoms with van der Waals surface area (Å²) in [5, 5.41) is 5.22. The predicted octanol–water partition coefficient (Wildman–Crippen LogP) is 3.42. The Morgan fingerprint density at radius 2 is 2.10 bits per heavy atom. The average Bonchev–Trinajstić information content (AvgIpc) is 3.39. The first-order chi connectivity index (χ1) is 14.5. The minimum atomic E-state index is -0.410. The first-order valence-electron chi connectivity index (χ1n) is 9.99. The van der Waals surface area contributed by atoms with E-state index >= 15 is 0 Å². The van der Waals surface area contributed by atoms with Crippen molar-refractivity contribution in [3.63, 3.8) is 0 Å². The molecule has 1 atom stereocenters. The highest BCUT2D eigenvalue weighted by Crippen LogP contribution is 2.37. The van der Waals surface area contributed by atoms with Crippen molar-refractivity contribution in [1.29, 1.82) is 0 Å². The van der Waals surface area contributed by atoms with Crippen LogP contribution in [-0.4, -0.2) is 57.7 Å². The van der Waals surface area contributed by atoms with Crippen LogP contribution in [0.5, 0.6) is 0 Å². The van der Waals surface area contributed by atoms with Gasteiger partial charge in [0.05, 0.1) is 16.1 Å². The van der Waals surface area contributed by atoms with Crippen molar-refractivity contribution in [2.75, 3.05) is 26.8 Å². The fourth-order valence-corrected chi connectivity index (χ4v) is 4.91. The van der Waals surface area contributed by atoms with Crippen molar-refractivity contribution < 1.29 is 14.1 Å². The molecule has 158 valence electrons. The third-order valence-electron chi connectivity index (χ3n) is 5.57. The topological polar surface area (TPSA) is 94.2 Å². The van der Waals surface area contributed by atoms with E-state index < -0.39 is 5.41 Å². The zero-order valence-corrected chi connectivity index (χ0v) is 18.2. The summed E-state index contributed by atoms with van der Waals surface area (Å²) < 4.78 is 11.0. The van der Waals surface area contributed by atoms with Gasteiger partial charge in [0, 0.05) is 44.8 Å². The lowest BCUT2D eigenvalue weighted by Gasteiger charge is -2.40. The van der Waals surface area contributed by atoms with Crippen LogP contribution >= 0.6 is 11.3 Å². The Hall–Kier alpha value is -2.65. The van der Waals surface area contributed by atoms with E-state index in [1.807, 2.05) is 30.9 Å². The van der Waals surface area contributed by atoms with Crippen LogP contribution in [0.1, 0.15) is 45.5 Å². The van der Waals surface area contributed by atoms with E-state index in [9.17, 15) is 4.79 Å². The van der Waals surface area contributed by atoms with E-state index in [0.717, 1.165) is 29.1 Å². The molecule has 8 nitrogen and oxygen atoms in total. The number of amides is 1. The number of aromatic nitrogens is 4. The summed E-state index contributed by atoms with van der Waals surface area (Å²) in [6.45, 7) is 5.60.